The fourth-order valence-corrected chi connectivity index (χ4v) is 4.56. The predicted octanol–water partition coefficient (Wildman–Crippen LogP) is 4.52. The minimum absolute atomic E-state index is 0.0217. The first-order chi connectivity index (χ1) is 16.1. The first-order valence-corrected chi connectivity index (χ1v) is 12.1. The van der Waals surface area contributed by atoms with Crippen LogP contribution in [-0.2, 0) is 21.2 Å². The van der Waals surface area contributed by atoms with Crippen LogP contribution in [0.1, 0.15) is 5.56 Å². The predicted molar refractivity (Wildman–Crippen MR) is 134 cm³/mol. The Balaban J connectivity index is 2.05. The molecule has 11 heteroatoms. The summed E-state index contributed by atoms with van der Waals surface area (Å²) in [5, 5.41) is 3.27. The molecule has 0 bridgehead atoms. The summed E-state index contributed by atoms with van der Waals surface area (Å²) in [6, 6.07) is 13.0. The number of carbonyl (C=O) groups excluding carboxylic acids is 1. The van der Waals surface area contributed by atoms with Crippen LogP contribution in [0, 0.1) is 0 Å². The summed E-state index contributed by atoms with van der Waals surface area (Å²) in [7, 11) is 0.591. The van der Waals surface area contributed by atoms with Crippen LogP contribution in [0.25, 0.3) is 11.1 Å². The zero-order chi connectivity index (χ0) is 24.9. The number of pyridine rings is 1. The van der Waals surface area contributed by atoms with Crippen LogP contribution in [0.2, 0.25) is 10.2 Å². The van der Waals surface area contributed by atoms with Crippen molar-refractivity contribution in [3.8, 4) is 16.9 Å². The van der Waals surface area contributed by atoms with E-state index in [4.69, 9.17) is 27.9 Å². The van der Waals surface area contributed by atoms with Crippen molar-refractivity contribution >= 4 is 51.2 Å². The molecule has 0 aliphatic heterocycles. The number of ether oxygens (including phenoxy) is 1. The molecule has 1 aromatic heterocycles. The maximum absolute atomic E-state index is 13.1. The van der Waals surface area contributed by atoms with Gasteiger partial charge in [0.05, 0.1) is 24.6 Å². The number of halogens is 2. The van der Waals surface area contributed by atoms with Crippen molar-refractivity contribution in [1.82, 2.24) is 9.88 Å². The van der Waals surface area contributed by atoms with Gasteiger partial charge in [-0.25, -0.2) is 4.98 Å². The first-order valence-electron chi connectivity index (χ1n) is 9.95. The maximum atomic E-state index is 13.1. The molecule has 34 heavy (non-hydrogen) atoms. The maximum Gasteiger partial charge on any atom is 0.284 e. The molecule has 3 aromatic rings. The number of nitrogens with one attached hydrogen (secondary N) is 1. The Hall–Kier alpha value is -3.14. The standard InChI is InChI=1S/C23H22Cl2N4O4S/c1-29(2)14-27-34(31,32)21-11-16(28-22(30)10-15-6-4-5-7-20(15)24)8-9-18(21)19-12-17(33-3)13-26-23(19)25/h4-9,11-14H,10H2,1-3H3,(H,28,30)/b27-14+. The second-order valence-corrected chi connectivity index (χ2v) is 9.77. The summed E-state index contributed by atoms with van der Waals surface area (Å²) in [6.45, 7) is 0. The smallest absolute Gasteiger partial charge is 0.284 e. The van der Waals surface area contributed by atoms with Gasteiger partial charge in [0.25, 0.3) is 10.0 Å². The van der Waals surface area contributed by atoms with Crippen molar-refractivity contribution in [2.24, 2.45) is 4.40 Å². The fourth-order valence-electron chi connectivity index (χ4n) is 3.00. The number of hydrogen-bond acceptors (Lipinski definition) is 5. The Morgan fingerprint density at radius 1 is 1.15 bits per heavy atom. The molecule has 0 aliphatic rings. The zero-order valence-electron chi connectivity index (χ0n) is 18.6. The van der Waals surface area contributed by atoms with Crippen molar-refractivity contribution in [3.63, 3.8) is 0 Å². The number of benzene rings is 2. The highest BCUT2D eigenvalue weighted by atomic mass is 35.5. The molecule has 0 saturated carbocycles. The van der Waals surface area contributed by atoms with E-state index in [1.54, 1.807) is 50.5 Å². The third-order valence-corrected chi connectivity index (χ3v) is 6.54. The second kappa shape index (κ2) is 10.9. The van der Waals surface area contributed by atoms with Gasteiger partial charge >= 0.3 is 0 Å². The fraction of sp³-hybridized carbons (Fsp3) is 0.174. The van der Waals surface area contributed by atoms with E-state index in [-0.39, 0.29) is 33.6 Å². The summed E-state index contributed by atoms with van der Waals surface area (Å²) < 4.78 is 35.2. The molecule has 0 radical (unpaired) electrons. The lowest BCUT2D eigenvalue weighted by Crippen LogP contribution is -2.15. The molecule has 1 heterocycles. The first kappa shape index (κ1) is 25.5. The number of rotatable bonds is 8. The van der Waals surface area contributed by atoms with Gasteiger partial charge in [0.2, 0.25) is 5.91 Å². The van der Waals surface area contributed by atoms with Gasteiger partial charge in [-0.15, -0.1) is 4.40 Å². The molecule has 0 aliphatic carbocycles. The molecule has 8 nitrogen and oxygen atoms in total. The van der Waals surface area contributed by atoms with Gasteiger partial charge in [-0.2, -0.15) is 8.42 Å². The van der Waals surface area contributed by atoms with Crippen molar-refractivity contribution in [2.75, 3.05) is 26.5 Å². The van der Waals surface area contributed by atoms with E-state index in [0.29, 0.717) is 21.9 Å². The summed E-state index contributed by atoms with van der Waals surface area (Å²) in [6.07, 6.45) is 2.62. The average Bonchev–Trinajstić information content (AvgIpc) is 2.80. The molecule has 2 aromatic carbocycles. The third-order valence-electron chi connectivity index (χ3n) is 4.61. The van der Waals surface area contributed by atoms with Crippen molar-refractivity contribution in [3.05, 3.63) is 70.5 Å². The van der Waals surface area contributed by atoms with E-state index in [2.05, 4.69) is 14.7 Å². The van der Waals surface area contributed by atoms with Gasteiger partial charge in [-0.05, 0) is 29.8 Å². The highest BCUT2D eigenvalue weighted by Crippen LogP contribution is 2.36. The number of methoxy groups -OCH3 is 1. The molecule has 0 atom stereocenters. The van der Waals surface area contributed by atoms with Crippen LogP contribution >= 0.6 is 23.2 Å². The quantitative estimate of drug-likeness (QED) is 0.266. The number of carbonyl (C=O) groups is 1. The molecular formula is C23H22Cl2N4O4S. The van der Waals surface area contributed by atoms with Gasteiger partial charge in [0.1, 0.15) is 17.2 Å². The largest absolute Gasteiger partial charge is 0.495 e. The summed E-state index contributed by atoms with van der Waals surface area (Å²) in [5.41, 5.74) is 1.52. The van der Waals surface area contributed by atoms with Crippen LogP contribution < -0.4 is 10.1 Å². The minimum atomic E-state index is -4.17. The Bertz CT molecular complexity index is 1340. The van der Waals surface area contributed by atoms with Crippen LogP contribution in [-0.4, -0.2) is 51.8 Å². The van der Waals surface area contributed by atoms with Gasteiger partial charge in [-0.1, -0.05) is 47.5 Å². The molecule has 0 spiro atoms. The Morgan fingerprint density at radius 2 is 1.88 bits per heavy atom. The Kier molecular flexibility index (Phi) is 8.14. The van der Waals surface area contributed by atoms with Crippen LogP contribution in [0.3, 0.4) is 0 Å². The highest BCUT2D eigenvalue weighted by Gasteiger charge is 2.22. The van der Waals surface area contributed by atoms with E-state index in [1.807, 2.05) is 0 Å². The number of nitrogens with zero attached hydrogens (tertiary/aromatic N) is 3. The molecule has 1 amide bonds. The van der Waals surface area contributed by atoms with E-state index in [0.717, 1.165) is 0 Å². The number of anilines is 1. The number of hydrogen-bond donors (Lipinski definition) is 1. The normalized spacial score (nSPS) is 11.4. The van der Waals surface area contributed by atoms with E-state index < -0.39 is 10.0 Å². The summed E-state index contributed by atoms with van der Waals surface area (Å²) in [4.78, 5) is 18.0. The molecule has 178 valence electrons. The number of aromatic nitrogens is 1. The van der Waals surface area contributed by atoms with Crippen LogP contribution in [0.4, 0.5) is 5.69 Å². The van der Waals surface area contributed by atoms with Gasteiger partial charge < -0.3 is 15.0 Å². The zero-order valence-corrected chi connectivity index (χ0v) is 20.9. The third kappa shape index (κ3) is 6.25. The minimum Gasteiger partial charge on any atom is -0.495 e. The monoisotopic (exact) mass is 520 g/mol. The highest BCUT2D eigenvalue weighted by molar-refractivity contribution is 7.90. The topological polar surface area (TPSA) is 101 Å². The molecular weight excluding hydrogens is 499 g/mol. The lowest BCUT2D eigenvalue weighted by molar-refractivity contribution is -0.115. The number of sulfonamides is 1. The lowest BCUT2D eigenvalue weighted by Gasteiger charge is -2.14. The van der Waals surface area contributed by atoms with Gasteiger partial charge in [0, 0.05) is 35.9 Å². The van der Waals surface area contributed by atoms with Crippen LogP contribution in [0.15, 0.2) is 64.0 Å². The van der Waals surface area contributed by atoms with Gasteiger partial charge in [0.15, 0.2) is 0 Å². The van der Waals surface area contributed by atoms with Crippen molar-refractivity contribution < 1.29 is 17.9 Å². The van der Waals surface area contributed by atoms with Crippen molar-refractivity contribution in [1.29, 1.82) is 0 Å². The van der Waals surface area contributed by atoms with Crippen molar-refractivity contribution in [2.45, 2.75) is 11.3 Å². The lowest BCUT2D eigenvalue weighted by atomic mass is 10.1. The van der Waals surface area contributed by atoms with E-state index >= 15 is 0 Å². The Labute approximate surface area is 208 Å². The molecule has 0 saturated heterocycles. The van der Waals surface area contributed by atoms with Gasteiger partial charge in [-0.3, -0.25) is 4.79 Å². The SMILES string of the molecule is COc1cnc(Cl)c(-c2ccc(NC(=O)Cc3ccccc3Cl)cc2S(=O)(=O)/N=C/N(C)C)c1. The van der Waals surface area contributed by atoms with E-state index in [9.17, 15) is 13.2 Å². The van der Waals surface area contributed by atoms with E-state index in [1.165, 1.54) is 36.7 Å². The molecule has 0 unspecified atom stereocenters. The number of amides is 1. The Morgan fingerprint density at radius 3 is 2.56 bits per heavy atom. The second-order valence-electron chi connectivity index (χ2n) is 7.40. The molecule has 0 fully saturated rings. The average molecular weight is 521 g/mol. The summed E-state index contributed by atoms with van der Waals surface area (Å²) >= 11 is 12.4. The molecule has 3 rings (SSSR count). The van der Waals surface area contributed by atoms with Crippen LogP contribution in [0.5, 0.6) is 5.75 Å². The summed E-state index contributed by atoms with van der Waals surface area (Å²) in [5.74, 6) is 0.0405. The molecule has 1 N–H and O–H groups in total.